The highest BCUT2D eigenvalue weighted by Crippen LogP contribution is 2.31. The first-order chi connectivity index (χ1) is 10.2. The van der Waals surface area contributed by atoms with Gasteiger partial charge in [-0.2, -0.15) is 0 Å². The highest BCUT2D eigenvalue weighted by atomic mass is 16.5. The number of amides is 1. The van der Waals surface area contributed by atoms with Crippen LogP contribution in [0, 0.1) is 12.8 Å². The van der Waals surface area contributed by atoms with Gasteiger partial charge in [-0.15, -0.1) is 0 Å². The van der Waals surface area contributed by atoms with E-state index in [2.05, 4.69) is 5.32 Å². The molecular formula is C17H25NO3. The van der Waals surface area contributed by atoms with Gasteiger partial charge in [0.25, 0.3) is 0 Å². The molecule has 1 aromatic rings. The molecule has 0 aromatic heterocycles. The van der Waals surface area contributed by atoms with Crippen LogP contribution >= 0.6 is 0 Å². The molecule has 1 saturated carbocycles. The monoisotopic (exact) mass is 291 g/mol. The molecule has 0 saturated heterocycles. The maximum Gasteiger partial charge on any atom is 0.223 e. The maximum absolute atomic E-state index is 12.2. The standard InChI is InChI=1S/C17H25NO3/c1-12-15(20-2)10-9-14(16(12)21-3)11-18-17(19)13-7-5-4-6-8-13/h9-10,13H,4-8,11H2,1-3H3,(H,18,19). The second-order valence-corrected chi connectivity index (χ2v) is 5.64. The first-order valence-electron chi connectivity index (χ1n) is 7.65. The summed E-state index contributed by atoms with van der Waals surface area (Å²) >= 11 is 0. The Hall–Kier alpha value is -1.71. The summed E-state index contributed by atoms with van der Waals surface area (Å²) < 4.78 is 10.8. The van der Waals surface area contributed by atoms with Gasteiger partial charge in [-0.3, -0.25) is 4.79 Å². The largest absolute Gasteiger partial charge is 0.496 e. The van der Waals surface area contributed by atoms with E-state index in [0.717, 1.165) is 35.5 Å². The lowest BCUT2D eigenvalue weighted by Crippen LogP contribution is -2.31. The van der Waals surface area contributed by atoms with E-state index in [1.165, 1.54) is 19.3 Å². The second-order valence-electron chi connectivity index (χ2n) is 5.64. The molecule has 4 heteroatoms. The molecule has 4 nitrogen and oxygen atoms in total. The van der Waals surface area contributed by atoms with E-state index < -0.39 is 0 Å². The quantitative estimate of drug-likeness (QED) is 0.906. The fourth-order valence-electron chi connectivity index (χ4n) is 3.07. The van der Waals surface area contributed by atoms with Crippen LogP contribution in [0.25, 0.3) is 0 Å². The van der Waals surface area contributed by atoms with Crippen molar-refractivity contribution in [3.63, 3.8) is 0 Å². The number of methoxy groups -OCH3 is 2. The topological polar surface area (TPSA) is 47.6 Å². The van der Waals surface area contributed by atoms with Crippen LogP contribution in [0.2, 0.25) is 0 Å². The van der Waals surface area contributed by atoms with Crippen molar-refractivity contribution in [1.82, 2.24) is 5.32 Å². The third-order valence-corrected chi connectivity index (χ3v) is 4.29. The van der Waals surface area contributed by atoms with E-state index >= 15 is 0 Å². The molecule has 1 amide bonds. The van der Waals surface area contributed by atoms with Crippen molar-refractivity contribution >= 4 is 5.91 Å². The highest BCUT2D eigenvalue weighted by molar-refractivity contribution is 5.78. The van der Waals surface area contributed by atoms with Gasteiger partial charge in [-0.1, -0.05) is 19.3 Å². The van der Waals surface area contributed by atoms with Crippen molar-refractivity contribution < 1.29 is 14.3 Å². The molecule has 1 aliphatic rings. The van der Waals surface area contributed by atoms with Gasteiger partial charge < -0.3 is 14.8 Å². The van der Waals surface area contributed by atoms with Gasteiger partial charge in [-0.25, -0.2) is 0 Å². The molecule has 1 aliphatic carbocycles. The number of rotatable bonds is 5. The van der Waals surface area contributed by atoms with Crippen LogP contribution in [-0.2, 0) is 11.3 Å². The minimum absolute atomic E-state index is 0.172. The van der Waals surface area contributed by atoms with E-state index in [4.69, 9.17) is 9.47 Å². The lowest BCUT2D eigenvalue weighted by atomic mass is 9.88. The molecule has 0 atom stereocenters. The van der Waals surface area contributed by atoms with Crippen LogP contribution in [0.1, 0.15) is 43.2 Å². The zero-order valence-electron chi connectivity index (χ0n) is 13.2. The average Bonchev–Trinajstić information content (AvgIpc) is 2.53. The molecule has 0 heterocycles. The molecule has 1 aromatic carbocycles. The molecule has 0 bridgehead atoms. The third kappa shape index (κ3) is 3.69. The Morgan fingerprint density at radius 3 is 2.52 bits per heavy atom. The SMILES string of the molecule is COc1ccc(CNC(=O)C2CCCCC2)c(OC)c1C. The van der Waals surface area contributed by atoms with Crippen LogP contribution < -0.4 is 14.8 Å². The minimum Gasteiger partial charge on any atom is -0.496 e. The van der Waals surface area contributed by atoms with E-state index in [1.54, 1.807) is 14.2 Å². The highest BCUT2D eigenvalue weighted by Gasteiger charge is 2.21. The lowest BCUT2D eigenvalue weighted by molar-refractivity contribution is -0.126. The normalized spacial score (nSPS) is 15.6. The first-order valence-corrected chi connectivity index (χ1v) is 7.65. The van der Waals surface area contributed by atoms with E-state index in [1.807, 2.05) is 19.1 Å². The molecule has 0 unspecified atom stereocenters. The number of nitrogens with one attached hydrogen (secondary N) is 1. The number of carbonyl (C=O) groups is 1. The second kappa shape index (κ2) is 7.34. The van der Waals surface area contributed by atoms with E-state index in [0.29, 0.717) is 6.54 Å². The smallest absolute Gasteiger partial charge is 0.223 e. The minimum atomic E-state index is 0.172. The van der Waals surface area contributed by atoms with Gasteiger partial charge in [0.2, 0.25) is 5.91 Å². The Kier molecular flexibility index (Phi) is 5.48. The summed E-state index contributed by atoms with van der Waals surface area (Å²) in [5.74, 6) is 1.95. The van der Waals surface area contributed by atoms with Crippen molar-refractivity contribution in [2.24, 2.45) is 5.92 Å². The van der Waals surface area contributed by atoms with Gasteiger partial charge >= 0.3 is 0 Å². The molecule has 1 N–H and O–H groups in total. The number of hydrogen-bond acceptors (Lipinski definition) is 3. The number of ether oxygens (including phenoxy) is 2. The predicted octanol–water partition coefficient (Wildman–Crippen LogP) is 3.21. The van der Waals surface area contributed by atoms with Crippen LogP contribution in [-0.4, -0.2) is 20.1 Å². The maximum atomic E-state index is 12.2. The molecule has 2 rings (SSSR count). The van der Waals surface area contributed by atoms with Gasteiger partial charge in [0.05, 0.1) is 14.2 Å². The van der Waals surface area contributed by atoms with E-state index in [9.17, 15) is 4.79 Å². The van der Waals surface area contributed by atoms with Gasteiger partial charge in [-0.05, 0) is 31.9 Å². The summed E-state index contributed by atoms with van der Waals surface area (Å²) in [6, 6.07) is 3.87. The summed E-state index contributed by atoms with van der Waals surface area (Å²) in [6.07, 6.45) is 5.64. The Morgan fingerprint density at radius 2 is 1.90 bits per heavy atom. The van der Waals surface area contributed by atoms with Crippen molar-refractivity contribution in [1.29, 1.82) is 0 Å². The Balaban J connectivity index is 2.02. The molecule has 0 aliphatic heterocycles. The summed E-state index contributed by atoms with van der Waals surface area (Å²) in [6.45, 7) is 2.47. The zero-order valence-corrected chi connectivity index (χ0v) is 13.2. The number of benzene rings is 1. The molecular weight excluding hydrogens is 266 g/mol. The number of carbonyl (C=O) groups excluding carboxylic acids is 1. The molecule has 0 spiro atoms. The lowest BCUT2D eigenvalue weighted by Gasteiger charge is -2.21. The van der Waals surface area contributed by atoms with E-state index in [-0.39, 0.29) is 11.8 Å². The van der Waals surface area contributed by atoms with Crippen molar-refractivity contribution in [2.45, 2.75) is 45.6 Å². The summed E-state index contributed by atoms with van der Waals surface area (Å²) in [4.78, 5) is 12.2. The summed E-state index contributed by atoms with van der Waals surface area (Å²) in [7, 11) is 3.29. The predicted molar refractivity (Wildman–Crippen MR) is 82.7 cm³/mol. The van der Waals surface area contributed by atoms with Crippen molar-refractivity contribution in [3.05, 3.63) is 23.3 Å². The van der Waals surface area contributed by atoms with Gasteiger partial charge in [0.1, 0.15) is 11.5 Å². The first kappa shape index (κ1) is 15.7. The van der Waals surface area contributed by atoms with Crippen LogP contribution in [0.15, 0.2) is 12.1 Å². The van der Waals surface area contributed by atoms with Crippen LogP contribution in [0.4, 0.5) is 0 Å². The Morgan fingerprint density at radius 1 is 1.19 bits per heavy atom. The number of hydrogen-bond donors (Lipinski definition) is 1. The zero-order chi connectivity index (χ0) is 15.2. The average molecular weight is 291 g/mol. The van der Waals surface area contributed by atoms with Gasteiger partial charge in [0.15, 0.2) is 0 Å². The Bertz CT molecular complexity index is 493. The van der Waals surface area contributed by atoms with Crippen molar-refractivity contribution in [2.75, 3.05) is 14.2 Å². The molecule has 21 heavy (non-hydrogen) atoms. The summed E-state index contributed by atoms with van der Waals surface area (Å²) in [5, 5.41) is 3.05. The molecule has 1 fully saturated rings. The fraction of sp³-hybridized carbons (Fsp3) is 0.588. The van der Waals surface area contributed by atoms with Crippen molar-refractivity contribution in [3.8, 4) is 11.5 Å². The third-order valence-electron chi connectivity index (χ3n) is 4.29. The summed E-state index contributed by atoms with van der Waals surface area (Å²) in [5.41, 5.74) is 1.95. The molecule has 116 valence electrons. The Labute approximate surface area is 126 Å². The van der Waals surface area contributed by atoms with Crippen LogP contribution in [0.3, 0.4) is 0 Å². The fourth-order valence-corrected chi connectivity index (χ4v) is 3.07. The van der Waals surface area contributed by atoms with Gasteiger partial charge in [0, 0.05) is 23.6 Å². The van der Waals surface area contributed by atoms with Crippen LogP contribution in [0.5, 0.6) is 11.5 Å². The molecule has 0 radical (unpaired) electrons.